The quantitative estimate of drug-likeness (QED) is 0.822. The van der Waals surface area contributed by atoms with Gasteiger partial charge in [0.25, 0.3) is 0 Å². The summed E-state index contributed by atoms with van der Waals surface area (Å²) in [4.78, 5) is 0. The Morgan fingerprint density at radius 2 is 1.81 bits per heavy atom. The van der Waals surface area contributed by atoms with Crippen molar-refractivity contribution in [1.29, 1.82) is 0 Å². The molecule has 0 amide bonds. The van der Waals surface area contributed by atoms with E-state index in [0.717, 1.165) is 25.2 Å². The Morgan fingerprint density at radius 3 is 2.38 bits per heavy atom. The van der Waals surface area contributed by atoms with Gasteiger partial charge in [-0.15, -0.1) is 0 Å². The van der Waals surface area contributed by atoms with E-state index in [1.807, 2.05) is 6.07 Å². The van der Waals surface area contributed by atoms with E-state index in [0.29, 0.717) is 0 Å². The van der Waals surface area contributed by atoms with Crippen LogP contribution in [-0.4, -0.2) is 10.7 Å². The van der Waals surface area contributed by atoms with Crippen LogP contribution in [0.25, 0.3) is 0 Å². The Bertz CT molecular complexity index is 309. The highest BCUT2D eigenvalue weighted by Gasteiger charge is 2.32. The Hall–Kier alpha value is -0.820. The summed E-state index contributed by atoms with van der Waals surface area (Å²) in [6.45, 7) is 2.26. The molecule has 1 aromatic rings. The van der Waals surface area contributed by atoms with Gasteiger partial charge in [0, 0.05) is 6.42 Å². The van der Waals surface area contributed by atoms with Gasteiger partial charge in [0.15, 0.2) is 0 Å². The molecule has 0 spiro atoms. The molecule has 1 N–H and O–H groups in total. The predicted molar refractivity (Wildman–Crippen MR) is 67.3 cm³/mol. The van der Waals surface area contributed by atoms with Crippen molar-refractivity contribution in [3.05, 3.63) is 35.9 Å². The lowest BCUT2D eigenvalue weighted by Gasteiger charge is -2.36. The second-order valence-electron chi connectivity index (χ2n) is 5.24. The van der Waals surface area contributed by atoms with Gasteiger partial charge in [-0.25, -0.2) is 0 Å². The number of benzene rings is 1. The summed E-state index contributed by atoms with van der Waals surface area (Å²) in [6.07, 6.45) is 6.42. The highest BCUT2D eigenvalue weighted by atomic mass is 16.3. The van der Waals surface area contributed by atoms with Crippen LogP contribution >= 0.6 is 0 Å². The molecule has 0 aromatic heterocycles. The summed E-state index contributed by atoms with van der Waals surface area (Å²) in [5.74, 6) is 0.844. The van der Waals surface area contributed by atoms with Gasteiger partial charge in [-0.05, 0) is 37.2 Å². The minimum Gasteiger partial charge on any atom is -0.390 e. The van der Waals surface area contributed by atoms with E-state index in [4.69, 9.17) is 0 Å². The summed E-state index contributed by atoms with van der Waals surface area (Å²) in [6, 6.07) is 10.4. The highest BCUT2D eigenvalue weighted by Crippen LogP contribution is 2.35. The van der Waals surface area contributed by atoms with Crippen LogP contribution in [0.2, 0.25) is 0 Å². The molecule has 0 saturated heterocycles. The Morgan fingerprint density at radius 1 is 1.19 bits per heavy atom. The van der Waals surface area contributed by atoms with Gasteiger partial charge >= 0.3 is 0 Å². The molecule has 0 atom stereocenters. The summed E-state index contributed by atoms with van der Waals surface area (Å²) in [5.41, 5.74) is 0.826. The van der Waals surface area contributed by atoms with Gasteiger partial charge in [-0.2, -0.15) is 0 Å². The van der Waals surface area contributed by atoms with Crippen molar-refractivity contribution in [3.63, 3.8) is 0 Å². The molecule has 2 rings (SSSR count). The predicted octanol–water partition coefficient (Wildman–Crippen LogP) is 3.56. The van der Waals surface area contributed by atoms with E-state index in [9.17, 15) is 5.11 Å². The molecular formula is C15H22O. The third-order valence-electron chi connectivity index (χ3n) is 3.99. The van der Waals surface area contributed by atoms with Gasteiger partial charge in [0.1, 0.15) is 0 Å². The first-order valence-electron chi connectivity index (χ1n) is 6.48. The molecular weight excluding hydrogens is 196 g/mol. The van der Waals surface area contributed by atoms with Crippen LogP contribution in [0, 0.1) is 5.92 Å². The van der Waals surface area contributed by atoms with Gasteiger partial charge in [0.05, 0.1) is 5.60 Å². The van der Waals surface area contributed by atoms with Crippen molar-refractivity contribution >= 4 is 0 Å². The average molecular weight is 218 g/mol. The van der Waals surface area contributed by atoms with Crippen LogP contribution in [0.3, 0.4) is 0 Å². The lowest BCUT2D eigenvalue weighted by Crippen LogP contribution is -2.36. The third-order valence-corrected chi connectivity index (χ3v) is 3.99. The van der Waals surface area contributed by atoms with Crippen molar-refractivity contribution in [1.82, 2.24) is 0 Å². The zero-order valence-electron chi connectivity index (χ0n) is 10.2. The molecule has 0 aliphatic heterocycles. The second-order valence-corrected chi connectivity index (χ2v) is 5.24. The Kier molecular flexibility index (Phi) is 3.65. The zero-order valence-corrected chi connectivity index (χ0v) is 10.2. The van der Waals surface area contributed by atoms with E-state index in [2.05, 4.69) is 31.2 Å². The fourth-order valence-electron chi connectivity index (χ4n) is 2.78. The van der Waals surface area contributed by atoms with Gasteiger partial charge in [-0.1, -0.05) is 43.7 Å². The van der Waals surface area contributed by atoms with Crippen molar-refractivity contribution < 1.29 is 5.11 Å². The van der Waals surface area contributed by atoms with E-state index in [1.165, 1.54) is 24.8 Å². The molecule has 0 heterocycles. The van der Waals surface area contributed by atoms with Gasteiger partial charge < -0.3 is 5.11 Å². The molecule has 0 radical (unpaired) electrons. The van der Waals surface area contributed by atoms with E-state index >= 15 is 0 Å². The summed E-state index contributed by atoms with van der Waals surface area (Å²) in [5, 5.41) is 10.5. The smallest absolute Gasteiger partial charge is 0.0688 e. The van der Waals surface area contributed by atoms with Crippen LogP contribution in [-0.2, 0) is 6.42 Å². The fourth-order valence-corrected chi connectivity index (χ4v) is 2.78. The lowest BCUT2D eigenvalue weighted by molar-refractivity contribution is -0.00921. The molecule has 16 heavy (non-hydrogen) atoms. The maximum atomic E-state index is 10.5. The van der Waals surface area contributed by atoms with E-state index < -0.39 is 5.60 Å². The largest absolute Gasteiger partial charge is 0.390 e. The molecule has 1 fully saturated rings. The first-order chi connectivity index (χ1) is 7.72. The number of aliphatic hydroxyl groups is 1. The minimum absolute atomic E-state index is 0.437. The van der Waals surface area contributed by atoms with Crippen molar-refractivity contribution in [2.45, 2.75) is 51.0 Å². The number of rotatable bonds is 3. The first-order valence-corrected chi connectivity index (χ1v) is 6.48. The summed E-state index contributed by atoms with van der Waals surface area (Å²) < 4.78 is 0. The Labute approximate surface area is 98.5 Å². The topological polar surface area (TPSA) is 20.2 Å². The summed E-state index contributed by atoms with van der Waals surface area (Å²) in [7, 11) is 0. The molecule has 1 aromatic carbocycles. The van der Waals surface area contributed by atoms with Gasteiger partial charge in [0.2, 0.25) is 0 Å². The second kappa shape index (κ2) is 5.01. The first kappa shape index (κ1) is 11.7. The zero-order chi connectivity index (χ0) is 11.4. The third kappa shape index (κ3) is 2.85. The van der Waals surface area contributed by atoms with Crippen molar-refractivity contribution in [2.75, 3.05) is 0 Å². The van der Waals surface area contributed by atoms with Gasteiger partial charge in [-0.3, -0.25) is 0 Å². The van der Waals surface area contributed by atoms with Crippen molar-refractivity contribution in [3.8, 4) is 0 Å². The maximum absolute atomic E-state index is 10.5. The van der Waals surface area contributed by atoms with Crippen LogP contribution in [0.15, 0.2) is 30.3 Å². The number of hydrogen-bond acceptors (Lipinski definition) is 1. The molecule has 1 heteroatoms. The molecule has 0 bridgehead atoms. The van der Waals surface area contributed by atoms with E-state index in [-0.39, 0.29) is 0 Å². The molecule has 1 aliphatic carbocycles. The van der Waals surface area contributed by atoms with Crippen LogP contribution < -0.4 is 0 Å². The Balaban J connectivity index is 1.95. The minimum atomic E-state index is -0.437. The molecule has 1 nitrogen and oxygen atoms in total. The normalized spacial score (nSPS) is 30.2. The molecule has 0 unspecified atom stereocenters. The molecule has 1 aliphatic rings. The molecule has 88 valence electrons. The monoisotopic (exact) mass is 218 g/mol. The van der Waals surface area contributed by atoms with Crippen LogP contribution in [0.5, 0.6) is 0 Å². The van der Waals surface area contributed by atoms with Crippen molar-refractivity contribution in [2.24, 2.45) is 5.92 Å². The van der Waals surface area contributed by atoms with E-state index in [1.54, 1.807) is 0 Å². The number of hydrogen-bond donors (Lipinski definition) is 1. The standard InChI is InChI=1S/C15H22O/c1-2-13-8-10-15(16,11-9-13)12-14-6-4-3-5-7-14/h3-7,13,16H,2,8-12H2,1H3. The molecule has 1 saturated carbocycles. The van der Waals surface area contributed by atoms with Crippen LogP contribution in [0.4, 0.5) is 0 Å². The maximum Gasteiger partial charge on any atom is 0.0688 e. The highest BCUT2D eigenvalue weighted by molar-refractivity contribution is 5.17. The lowest BCUT2D eigenvalue weighted by atomic mass is 9.75. The SMILES string of the molecule is CCC1CCC(O)(Cc2ccccc2)CC1. The fraction of sp³-hybridized carbons (Fsp3) is 0.600. The summed E-state index contributed by atoms with van der Waals surface area (Å²) >= 11 is 0. The average Bonchev–Trinajstić information content (AvgIpc) is 2.31. The van der Waals surface area contributed by atoms with Crippen LogP contribution in [0.1, 0.15) is 44.6 Å².